The number of carbonyl (C=O) groups is 2. The maximum Gasteiger partial charge on any atom is 0.312 e. The Hall–Kier alpha value is -2.24. The Bertz CT molecular complexity index is 739. The fraction of sp³-hybridized carbons (Fsp3) is 0.652. The SMILES string of the molecule is COc1ccc(CCNC(=O)COC(=O)C23CC4CC(CC(C4)C2)C3)cc1OC. The van der Waals surface area contributed by atoms with Crippen molar-refractivity contribution in [1.82, 2.24) is 5.32 Å². The van der Waals surface area contributed by atoms with Crippen molar-refractivity contribution in [3.63, 3.8) is 0 Å². The normalized spacial score (nSPS) is 29.4. The van der Waals surface area contributed by atoms with E-state index in [-0.39, 0.29) is 23.9 Å². The smallest absolute Gasteiger partial charge is 0.312 e. The molecule has 0 aromatic heterocycles. The van der Waals surface area contributed by atoms with Crippen molar-refractivity contribution in [2.45, 2.75) is 44.9 Å². The van der Waals surface area contributed by atoms with Crippen LogP contribution in [0.1, 0.15) is 44.1 Å². The number of ether oxygens (including phenoxy) is 3. The van der Waals surface area contributed by atoms with Crippen LogP contribution in [0.15, 0.2) is 18.2 Å². The van der Waals surface area contributed by atoms with E-state index in [0.717, 1.165) is 24.8 Å². The Morgan fingerprint density at radius 2 is 1.62 bits per heavy atom. The lowest BCUT2D eigenvalue weighted by molar-refractivity contribution is -0.173. The van der Waals surface area contributed by atoms with Crippen molar-refractivity contribution >= 4 is 11.9 Å². The average Bonchev–Trinajstić information content (AvgIpc) is 2.70. The first-order valence-electron chi connectivity index (χ1n) is 10.7. The number of hydrogen-bond donors (Lipinski definition) is 1. The van der Waals surface area contributed by atoms with Gasteiger partial charge in [0.05, 0.1) is 19.6 Å². The zero-order chi connectivity index (χ0) is 20.4. The van der Waals surface area contributed by atoms with Gasteiger partial charge in [0.2, 0.25) is 0 Å². The first-order valence-corrected chi connectivity index (χ1v) is 10.7. The highest BCUT2D eigenvalue weighted by atomic mass is 16.5. The summed E-state index contributed by atoms with van der Waals surface area (Å²) in [5.74, 6) is 3.00. The molecule has 0 saturated heterocycles. The summed E-state index contributed by atoms with van der Waals surface area (Å²) in [5, 5.41) is 2.84. The third-order valence-corrected chi connectivity index (χ3v) is 6.99. The van der Waals surface area contributed by atoms with Crippen molar-refractivity contribution in [1.29, 1.82) is 0 Å². The molecule has 6 nitrogen and oxygen atoms in total. The lowest BCUT2D eigenvalue weighted by Crippen LogP contribution is -2.51. The van der Waals surface area contributed by atoms with Crippen LogP contribution < -0.4 is 14.8 Å². The minimum atomic E-state index is -0.311. The second kappa shape index (κ2) is 8.25. The van der Waals surface area contributed by atoms with Gasteiger partial charge in [0.1, 0.15) is 0 Å². The highest BCUT2D eigenvalue weighted by Gasteiger charge is 2.55. The Morgan fingerprint density at radius 3 is 2.21 bits per heavy atom. The largest absolute Gasteiger partial charge is 0.493 e. The standard InChI is InChI=1S/C23H31NO5/c1-27-19-4-3-15(10-20(19)28-2)5-6-24-21(25)14-29-22(26)23-11-16-7-17(12-23)9-18(8-16)13-23/h3-4,10,16-18H,5-9,11-14H2,1-2H3,(H,24,25). The number of nitrogens with one attached hydrogen (secondary N) is 1. The quantitative estimate of drug-likeness (QED) is 0.678. The monoisotopic (exact) mass is 401 g/mol. The summed E-state index contributed by atoms with van der Waals surface area (Å²) in [6.45, 7) is 0.287. The van der Waals surface area contributed by atoms with Crippen LogP contribution in [-0.2, 0) is 20.7 Å². The highest BCUT2D eigenvalue weighted by Crippen LogP contribution is 2.60. The summed E-state index contributed by atoms with van der Waals surface area (Å²) >= 11 is 0. The predicted octanol–water partition coefficient (Wildman–Crippen LogP) is 3.12. The first-order chi connectivity index (χ1) is 14.0. The van der Waals surface area contributed by atoms with E-state index in [2.05, 4.69) is 5.32 Å². The number of hydrogen-bond acceptors (Lipinski definition) is 5. The average molecular weight is 402 g/mol. The van der Waals surface area contributed by atoms with E-state index < -0.39 is 0 Å². The number of benzene rings is 1. The van der Waals surface area contributed by atoms with Gasteiger partial charge in [-0.3, -0.25) is 9.59 Å². The highest BCUT2D eigenvalue weighted by molar-refractivity contribution is 5.83. The molecular formula is C23H31NO5. The summed E-state index contributed by atoms with van der Waals surface area (Å²) in [6, 6.07) is 5.70. The second-order valence-electron chi connectivity index (χ2n) is 9.06. The van der Waals surface area contributed by atoms with Crippen LogP contribution in [0.3, 0.4) is 0 Å². The van der Waals surface area contributed by atoms with Crippen LogP contribution in [0.2, 0.25) is 0 Å². The van der Waals surface area contributed by atoms with E-state index in [4.69, 9.17) is 14.2 Å². The van der Waals surface area contributed by atoms with Gasteiger partial charge in [0, 0.05) is 6.54 Å². The maximum absolute atomic E-state index is 12.8. The molecule has 1 amide bonds. The molecule has 1 N–H and O–H groups in total. The number of amides is 1. The molecule has 4 aliphatic rings. The van der Waals surface area contributed by atoms with Crippen LogP contribution in [-0.4, -0.2) is 39.2 Å². The van der Waals surface area contributed by atoms with Crippen LogP contribution in [0, 0.1) is 23.2 Å². The van der Waals surface area contributed by atoms with E-state index in [0.29, 0.717) is 42.2 Å². The van der Waals surface area contributed by atoms with Crippen LogP contribution >= 0.6 is 0 Å². The number of rotatable bonds is 8. The van der Waals surface area contributed by atoms with Gasteiger partial charge in [0.25, 0.3) is 5.91 Å². The van der Waals surface area contributed by atoms with E-state index in [9.17, 15) is 9.59 Å². The fourth-order valence-electron chi connectivity index (χ4n) is 6.08. The molecule has 0 spiro atoms. The first kappa shape index (κ1) is 20.0. The van der Waals surface area contributed by atoms with E-state index in [1.165, 1.54) is 19.3 Å². The molecule has 1 aromatic rings. The molecule has 0 radical (unpaired) electrons. The zero-order valence-electron chi connectivity index (χ0n) is 17.4. The molecule has 1 aromatic carbocycles. The summed E-state index contributed by atoms with van der Waals surface area (Å²) in [5.41, 5.74) is 0.725. The molecule has 0 unspecified atom stereocenters. The summed E-state index contributed by atoms with van der Waals surface area (Å²) in [4.78, 5) is 25.0. The van der Waals surface area contributed by atoms with Crippen molar-refractivity contribution < 1.29 is 23.8 Å². The third kappa shape index (κ3) is 4.21. The molecule has 6 heteroatoms. The third-order valence-electron chi connectivity index (χ3n) is 6.99. The topological polar surface area (TPSA) is 73.9 Å². The molecule has 4 saturated carbocycles. The van der Waals surface area contributed by atoms with Gasteiger partial charge in [0.15, 0.2) is 18.1 Å². The van der Waals surface area contributed by atoms with Crippen LogP contribution in [0.25, 0.3) is 0 Å². The Labute approximate surface area is 172 Å². The van der Waals surface area contributed by atoms with Gasteiger partial charge >= 0.3 is 5.97 Å². The summed E-state index contributed by atoms with van der Waals surface area (Å²) in [7, 11) is 3.20. The Morgan fingerprint density at radius 1 is 1.00 bits per heavy atom. The number of esters is 1. The van der Waals surface area contributed by atoms with Gasteiger partial charge in [-0.2, -0.15) is 0 Å². The van der Waals surface area contributed by atoms with Gasteiger partial charge < -0.3 is 19.5 Å². The Balaban J connectivity index is 1.22. The molecule has 0 aliphatic heterocycles. The summed E-state index contributed by atoms with van der Waals surface area (Å²) < 4.78 is 16.0. The Kier molecular flexibility index (Phi) is 5.70. The van der Waals surface area contributed by atoms with Gasteiger partial charge in [-0.15, -0.1) is 0 Å². The van der Waals surface area contributed by atoms with E-state index in [1.807, 2.05) is 18.2 Å². The van der Waals surface area contributed by atoms with Crippen LogP contribution in [0.5, 0.6) is 11.5 Å². The minimum absolute atomic E-state index is 0.147. The summed E-state index contributed by atoms with van der Waals surface area (Å²) in [6.07, 6.45) is 7.38. The molecule has 0 atom stereocenters. The van der Waals surface area contributed by atoms with Gasteiger partial charge in [-0.25, -0.2) is 0 Å². The van der Waals surface area contributed by atoms with E-state index in [1.54, 1.807) is 14.2 Å². The minimum Gasteiger partial charge on any atom is -0.493 e. The predicted molar refractivity (Wildman–Crippen MR) is 108 cm³/mol. The second-order valence-corrected chi connectivity index (χ2v) is 9.06. The maximum atomic E-state index is 12.8. The number of carbonyl (C=O) groups excluding carboxylic acids is 2. The molecule has 4 aliphatic carbocycles. The number of methoxy groups -OCH3 is 2. The lowest BCUT2D eigenvalue weighted by Gasteiger charge is -2.55. The van der Waals surface area contributed by atoms with Gasteiger partial charge in [-0.05, 0) is 80.4 Å². The van der Waals surface area contributed by atoms with Crippen molar-refractivity contribution in [3.8, 4) is 11.5 Å². The fourth-order valence-corrected chi connectivity index (χ4v) is 6.08. The van der Waals surface area contributed by atoms with Gasteiger partial charge in [-0.1, -0.05) is 6.07 Å². The van der Waals surface area contributed by atoms with Crippen molar-refractivity contribution in [2.24, 2.45) is 23.2 Å². The zero-order valence-corrected chi connectivity index (χ0v) is 17.4. The van der Waals surface area contributed by atoms with Crippen LogP contribution in [0.4, 0.5) is 0 Å². The molecule has 29 heavy (non-hydrogen) atoms. The molecule has 4 fully saturated rings. The lowest BCUT2D eigenvalue weighted by atomic mass is 9.49. The molecule has 158 valence electrons. The molecule has 5 rings (SSSR count). The van der Waals surface area contributed by atoms with E-state index >= 15 is 0 Å². The van der Waals surface area contributed by atoms with Crippen molar-refractivity contribution in [3.05, 3.63) is 23.8 Å². The molecule has 0 heterocycles. The molecular weight excluding hydrogens is 370 g/mol. The molecule has 4 bridgehead atoms. The van der Waals surface area contributed by atoms with Crippen molar-refractivity contribution in [2.75, 3.05) is 27.4 Å².